The molecule has 0 saturated carbocycles. The average Bonchev–Trinajstić information content (AvgIpc) is 2.95. The Bertz CT molecular complexity index is 737. The zero-order valence-electron chi connectivity index (χ0n) is 11.2. The lowest BCUT2D eigenvalue weighted by Crippen LogP contribution is -1.97. The Morgan fingerprint density at radius 2 is 2.15 bits per heavy atom. The molecule has 2 aromatic carbocycles. The summed E-state index contributed by atoms with van der Waals surface area (Å²) in [7, 11) is 1.66. The fraction of sp³-hybridized carbons (Fsp3) is 0.200. The second kappa shape index (κ2) is 5.30. The van der Waals surface area contributed by atoms with E-state index in [2.05, 4.69) is 22.3 Å². The summed E-state index contributed by atoms with van der Waals surface area (Å²) in [6, 6.07) is 12.2. The molecule has 2 N–H and O–H groups in total. The van der Waals surface area contributed by atoms with E-state index >= 15 is 0 Å². The van der Waals surface area contributed by atoms with Gasteiger partial charge in [0, 0.05) is 6.42 Å². The van der Waals surface area contributed by atoms with Crippen molar-refractivity contribution in [1.29, 1.82) is 0 Å². The van der Waals surface area contributed by atoms with Gasteiger partial charge in [0.15, 0.2) is 5.82 Å². The van der Waals surface area contributed by atoms with Crippen molar-refractivity contribution in [3.63, 3.8) is 0 Å². The third-order valence-corrected chi connectivity index (χ3v) is 3.21. The predicted molar refractivity (Wildman–Crippen MR) is 75.5 cm³/mol. The maximum atomic E-state index is 5.47. The Morgan fingerprint density at radius 1 is 1.25 bits per heavy atom. The van der Waals surface area contributed by atoms with Gasteiger partial charge in [-0.15, -0.1) is 0 Å². The first-order chi connectivity index (χ1) is 9.80. The van der Waals surface area contributed by atoms with Gasteiger partial charge in [-0.1, -0.05) is 29.4 Å². The van der Waals surface area contributed by atoms with Crippen molar-refractivity contribution in [2.75, 3.05) is 7.11 Å². The van der Waals surface area contributed by atoms with E-state index in [0.29, 0.717) is 18.1 Å². The van der Waals surface area contributed by atoms with Gasteiger partial charge in [0.1, 0.15) is 5.75 Å². The number of benzene rings is 2. The SMILES string of the molecule is COc1ccc2cccc(Cc3noc(CN)n3)c2c1. The summed E-state index contributed by atoms with van der Waals surface area (Å²) in [5, 5.41) is 6.22. The van der Waals surface area contributed by atoms with Crippen molar-refractivity contribution < 1.29 is 9.26 Å². The van der Waals surface area contributed by atoms with Crippen LogP contribution in [0, 0.1) is 0 Å². The number of ether oxygens (including phenoxy) is 1. The van der Waals surface area contributed by atoms with Crippen molar-refractivity contribution in [3.05, 3.63) is 53.7 Å². The average molecular weight is 269 g/mol. The van der Waals surface area contributed by atoms with Gasteiger partial charge in [-0.2, -0.15) is 4.98 Å². The van der Waals surface area contributed by atoms with Crippen LogP contribution in [0.25, 0.3) is 10.8 Å². The molecule has 20 heavy (non-hydrogen) atoms. The van der Waals surface area contributed by atoms with Gasteiger partial charge in [0.2, 0.25) is 5.89 Å². The minimum Gasteiger partial charge on any atom is -0.497 e. The Labute approximate surface area is 116 Å². The van der Waals surface area contributed by atoms with Gasteiger partial charge in [-0.25, -0.2) is 0 Å². The highest BCUT2D eigenvalue weighted by molar-refractivity contribution is 5.87. The molecule has 0 aliphatic heterocycles. The van der Waals surface area contributed by atoms with Crippen LogP contribution < -0.4 is 10.5 Å². The van der Waals surface area contributed by atoms with Crippen LogP contribution in [0.1, 0.15) is 17.3 Å². The maximum Gasteiger partial charge on any atom is 0.240 e. The summed E-state index contributed by atoms with van der Waals surface area (Å²) in [6.45, 7) is 0.260. The van der Waals surface area contributed by atoms with E-state index in [0.717, 1.165) is 22.1 Å². The first kappa shape index (κ1) is 12.6. The minimum atomic E-state index is 0.260. The molecule has 0 spiro atoms. The fourth-order valence-corrected chi connectivity index (χ4v) is 2.21. The van der Waals surface area contributed by atoms with E-state index in [-0.39, 0.29) is 6.54 Å². The Balaban J connectivity index is 2.01. The predicted octanol–water partition coefficient (Wildman–Crippen LogP) is 2.28. The molecule has 0 aliphatic carbocycles. The molecule has 5 heteroatoms. The number of fused-ring (bicyclic) bond motifs is 1. The standard InChI is InChI=1S/C15H15N3O2/c1-19-12-6-5-10-3-2-4-11(13(10)8-12)7-14-17-15(9-16)20-18-14/h2-6,8H,7,9,16H2,1H3. The van der Waals surface area contributed by atoms with Crippen LogP contribution in [0.5, 0.6) is 5.75 Å². The van der Waals surface area contributed by atoms with Gasteiger partial charge < -0.3 is 15.0 Å². The lowest BCUT2D eigenvalue weighted by molar-refractivity contribution is 0.375. The highest BCUT2D eigenvalue weighted by Crippen LogP contribution is 2.25. The first-order valence-corrected chi connectivity index (χ1v) is 6.37. The smallest absolute Gasteiger partial charge is 0.240 e. The van der Waals surface area contributed by atoms with Crippen LogP contribution in [0.3, 0.4) is 0 Å². The van der Waals surface area contributed by atoms with Gasteiger partial charge >= 0.3 is 0 Å². The maximum absolute atomic E-state index is 5.47. The molecule has 0 atom stereocenters. The monoisotopic (exact) mass is 269 g/mol. The highest BCUT2D eigenvalue weighted by atomic mass is 16.5. The molecule has 0 amide bonds. The second-order valence-corrected chi connectivity index (χ2v) is 4.49. The molecule has 102 valence electrons. The zero-order chi connectivity index (χ0) is 13.9. The number of methoxy groups -OCH3 is 1. The zero-order valence-corrected chi connectivity index (χ0v) is 11.2. The third-order valence-electron chi connectivity index (χ3n) is 3.21. The van der Waals surface area contributed by atoms with Crippen LogP contribution in [0.2, 0.25) is 0 Å². The Hall–Kier alpha value is -2.40. The molecule has 3 aromatic rings. The van der Waals surface area contributed by atoms with Crippen molar-refractivity contribution in [2.24, 2.45) is 5.73 Å². The number of nitrogens with two attached hydrogens (primary N) is 1. The van der Waals surface area contributed by atoms with Crippen LogP contribution >= 0.6 is 0 Å². The number of hydrogen-bond acceptors (Lipinski definition) is 5. The quantitative estimate of drug-likeness (QED) is 0.786. The summed E-state index contributed by atoms with van der Waals surface area (Å²) in [5.74, 6) is 1.93. The lowest BCUT2D eigenvalue weighted by atomic mass is 10.0. The van der Waals surface area contributed by atoms with Gasteiger partial charge in [0.05, 0.1) is 13.7 Å². The van der Waals surface area contributed by atoms with E-state index in [1.807, 2.05) is 24.3 Å². The van der Waals surface area contributed by atoms with Crippen molar-refractivity contribution in [3.8, 4) is 5.75 Å². The van der Waals surface area contributed by atoms with E-state index in [4.69, 9.17) is 15.0 Å². The van der Waals surface area contributed by atoms with E-state index in [1.165, 1.54) is 0 Å². The van der Waals surface area contributed by atoms with Crippen molar-refractivity contribution in [2.45, 2.75) is 13.0 Å². The molecular weight excluding hydrogens is 254 g/mol. The molecule has 0 bridgehead atoms. The summed E-state index contributed by atoms with van der Waals surface area (Å²) in [5.41, 5.74) is 6.60. The molecular formula is C15H15N3O2. The largest absolute Gasteiger partial charge is 0.497 e. The molecule has 0 aliphatic rings. The van der Waals surface area contributed by atoms with Crippen LogP contribution in [0.15, 0.2) is 40.9 Å². The number of rotatable bonds is 4. The van der Waals surface area contributed by atoms with Crippen molar-refractivity contribution in [1.82, 2.24) is 10.1 Å². The van der Waals surface area contributed by atoms with Crippen LogP contribution in [-0.2, 0) is 13.0 Å². The van der Waals surface area contributed by atoms with Gasteiger partial charge in [-0.05, 0) is 28.5 Å². The molecule has 0 radical (unpaired) electrons. The molecule has 1 heterocycles. The van der Waals surface area contributed by atoms with E-state index in [1.54, 1.807) is 7.11 Å². The second-order valence-electron chi connectivity index (χ2n) is 4.49. The number of nitrogens with zero attached hydrogens (tertiary/aromatic N) is 2. The summed E-state index contributed by atoms with van der Waals surface area (Å²) in [6.07, 6.45) is 0.605. The minimum absolute atomic E-state index is 0.260. The van der Waals surface area contributed by atoms with Crippen molar-refractivity contribution >= 4 is 10.8 Å². The fourth-order valence-electron chi connectivity index (χ4n) is 2.21. The molecule has 3 rings (SSSR count). The van der Waals surface area contributed by atoms with Gasteiger partial charge in [0.25, 0.3) is 0 Å². The molecule has 0 unspecified atom stereocenters. The lowest BCUT2D eigenvalue weighted by Gasteiger charge is -2.06. The van der Waals surface area contributed by atoms with Crippen LogP contribution in [-0.4, -0.2) is 17.3 Å². The molecule has 0 fully saturated rings. The van der Waals surface area contributed by atoms with E-state index in [9.17, 15) is 0 Å². The summed E-state index contributed by atoms with van der Waals surface area (Å²) >= 11 is 0. The Kier molecular flexibility index (Phi) is 3.35. The number of aromatic nitrogens is 2. The summed E-state index contributed by atoms with van der Waals surface area (Å²) < 4.78 is 10.3. The molecule has 5 nitrogen and oxygen atoms in total. The Morgan fingerprint density at radius 3 is 2.90 bits per heavy atom. The normalized spacial score (nSPS) is 10.9. The van der Waals surface area contributed by atoms with Gasteiger partial charge in [-0.3, -0.25) is 0 Å². The third kappa shape index (κ3) is 2.35. The summed E-state index contributed by atoms with van der Waals surface area (Å²) in [4.78, 5) is 4.24. The number of hydrogen-bond donors (Lipinski definition) is 1. The van der Waals surface area contributed by atoms with Crippen LogP contribution in [0.4, 0.5) is 0 Å². The molecule has 0 saturated heterocycles. The topological polar surface area (TPSA) is 74.2 Å². The molecule has 1 aromatic heterocycles. The first-order valence-electron chi connectivity index (χ1n) is 6.37. The highest BCUT2D eigenvalue weighted by Gasteiger charge is 2.09. The van der Waals surface area contributed by atoms with E-state index < -0.39 is 0 Å².